The highest BCUT2D eigenvalue weighted by Crippen LogP contribution is 2.31. The maximum Gasteiger partial charge on any atom is 0.321 e. The molecule has 7 nitrogen and oxygen atoms in total. The third-order valence-electron chi connectivity index (χ3n) is 3.62. The zero-order valence-corrected chi connectivity index (χ0v) is 15.1. The predicted octanol–water partition coefficient (Wildman–Crippen LogP) is 2.13. The molecule has 2 rings (SSSR count). The highest BCUT2D eigenvalue weighted by Gasteiger charge is 2.22. The molecule has 1 N–H and O–H groups in total. The molecule has 0 saturated carbocycles. The number of benzene rings is 1. The SMILES string of the molecule is COc1ccc(NC(=O)N2CCCS(=O)(=O)CC2)cc1OC(C)C. The summed E-state index contributed by atoms with van der Waals surface area (Å²) in [5.41, 5.74) is 0.573. The average Bonchev–Trinajstić information content (AvgIpc) is 2.68. The van der Waals surface area contributed by atoms with Crippen molar-refractivity contribution in [3.8, 4) is 11.5 Å². The number of nitrogens with zero attached hydrogens (tertiary/aromatic N) is 1. The van der Waals surface area contributed by atoms with E-state index in [4.69, 9.17) is 9.47 Å². The van der Waals surface area contributed by atoms with Crippen molar-refractivity contribution in [2.24, 2.45) is 0 Å². The number of hydrogen-bond donors (Lipinski definition) is 1. The third kappa shape index (κ3) is 5.02. The topological polar surface area (TPSA) is 84.9 Å². The van der Waals surface area contributed by atoms with Crippen LogP contribution in [0.5, 0.6) is 11.5 Å². The van der Waals surface area contributed by atoms with Crippen molar-refractivity contribution in [2.45, 2.75) is 26.4 Å². The van der Waals surface area contributed by atoms with Gasteiger partial charge in [-0.1, -0.05) is 0 Å². The largest absolute Gasteiger partial charge is 0.493 e. The summed E-state index contributed by atoms with van der Waals surface area (Å²) in [6.07, 6.45) is 0.431. The Morgan fingerprint density at radius 3 is 2.62 bits per heavy atom. The van der Waals surface area contributed by atoms with Gasteiger partial charge in [-0.15, -0.1) is 0 Å². The van der Waals surface area contributed by atoms with Gasteiger partial charge in [-0.05, 0) is 32.4 Å². The number of ether oxygens (including phenoxy) is 2. The maximum absolute atomic E-state index is 12.4. The summed E-state index contributed by atoms with van der Waals surface area (Å²) < 4.78 is 34.2. The zero-order chi connectivity index (χ0) is 17.7. The molecule has 1 heterocycles. The predicted molar refractivity (Wildman–Crippen MR) is 92.6 cm³/mol. The van der Waals surface area contributed by atoms with Crippen LogP contribution in [0.3, 0.4) is 0 Å². The van der Waals surface area contributed by atoms with Gasteiger partial charge in [0.1, 0.15) is 0 Å². The number of carbonyl (C=O) groups excluding carboxylic acids is 1. The van der Waals surface area contributed by atoms with Gasteiger partial charge in [0.25, 0.3) is 0 Å². The molecule has 1 aliphatic rings. The summed E-state index contributed by atoms with van der Waals surface area (Å²) in [4.78, 5) is 13.9. The van der Waals surface area contributed by atoms with E-state index in [2.05, 4.69) is 5.32 Å². The zero-order valence-electron chi connectivity index (χ0n) is 14.2. The van der Waals surface area contributed by atoms with E-state index in [1.165, 1.54) is 4.90 Å². The van der Waals surface area contributed by atoms with Gasteiger partial charge in [0.05, 0.1) is 24.7 Å². The van der Waals surface area contributed by atoms with Gasteiger partial charge in [-0.25, -0.2) is 13.2 Å². The number of urea groups is 1. The quantitative estimate of drug-likeness (QED) is 0.893. The van der Waals surface area contributed by atoms with E-state index in [9.17, 15) is 13.2 Å². The van der Waals surface area contributed by atoms with E-state index in [1.807, 2.05) is 13.8 Å². The summed E-state index contributed by atoms with van der Waals surface area (Å²) in [5, 5.41) is 2.79. The summed E-state index contributed by atoms with van der Waals surface area (Å²) >= 11 is 0. The molecule has 1 fully saturated rings. The highest BCUT2D eigenvalue weighted by molar-refractivity contribution is 7.91. The van der Waals surface area contributed by atoms with Gasteiger partial charge in [-0.3, -0.25) is 0 Å². The summed E-state index contributed by atoms with van der Waals surface area (Å²) in [5.74, 6) is 1.27. The second-order valence-corrected chi connectivity index (χ2v) is 8.26. The molecule has 0 aromatic heterocycles. The second-order valence-electron chi connectivity index (χ2n) is 5.95. The Hall–Kier alpha value is -1.96. The number of amides is 2. The molecule has 0 aliphatic carbocycles. The average molecular weight is 356 g/mol. The van der Waals surface area contributed by atoms with Crippen LogP contribution in [0.15, 0.2) is 18.2 Å². The lowest BCUT2D eigenvalue weighted by Gasteiger charge is -2.21. The molecule has 0 bridgehead atoms. The third-order valence-corrected chi connectivity index (χ3v) is 5.34. The van der Waals surface area contributed by atoms with Gasteiger partial charge < -0.3 is 19.7 Å². The van der Waals surface area contributed by atoms with Crippen LogP contribution >= 0.6 is 0 Å². The molecule has 24 heavy (non-hydrogen) atoms. The first-order valence-electron chi connectivity index (χ1n) is 7.92. The van der Waals surface area contributed by atoms with Crippen LogP contribution in [0.1, 0.15) is 20.3 Å². The van der Waals surface area contributed by atoms with E-state index in [1.54, 1.807) is 25.3 Å². The molecule has 1 saturated heterocycles. The van der Waals surface area contributed by atoms with Crippen LogP contribution in [-0.2, 0) is 9.84 Å². The minimum atomic E-state index is -3.05. The fourth-order valence-corrected chi connectivity index (χ4v) is 3.72. The lowest BCUT2D eigenvalue weighted by molar-refractivity contribution is 0.215. The number of nitrogens with one attached hydrogen (secondary N) is 1. The smallest absolute Gasteiger partial charge is 0.321 e. The molecule has 1 aliphatic heterocycles. The van der Waals surface area contributed by atoms with Crippen LogP contribution in [-0.4, -0.2) is 57.2 Å². The van der Waals surface area contributed by atoms with E-state index in [0.29, 0.717) is 30.2 Å². The molecule has 1 aromatic carbocycles. The lowest BCUT2D eigenvalue weighted by atomic mass is 10.2. The number of methoxy groups -OCH3 is 1. The Kier molecular flexibility index (Phi) is 5.93. The standard InChI is InChI=1S/C16H24N2O5S/c1-12(2)23-15-11-13(5-6-14(15)22-3)17-16(19)18-7-4-9-24(20,21)10-8-18/h5-6,11-12H,4,7-10H2,1-3H3,(H,17,19). The monoisotopic (exact) mass is 356 g/mol. The molecule has 1 aromatic rings. The molecule has 0 spiro atoms. The molecular weight excluding hydrogens is 332 g/mol. The van der Waals surface area contributed by atoms with Crippen LogP contribution < -0.4 is 14.8 Å². The Morgan fingerprint density at radius 2 is 1.96 bits per heavy atom. The normalized spacial score (nSPS) is 17.2. The van der Waals surface area contributed by atoms with Crippen LogP contribution in [0.4, 0.5) is 10.5 Å². The van der Waals surface area contributed by atoms with Crippen molar-refractivity contribution >= 4 is 21.6 Å². The fraction of sp³-hybridized carbons (Fsp3) is 0.562. The van der Waals surface area contributed by atoms with E-state index in [-0.39, 0.29) is 30.2 Å². The van der Waals surface area contributed by atoms with Gasteiger partial charge in [0.15, 0.2) is 21.3 Å². The van der Waals surface area contributed by atoms with Gasteiger partial charge in [0, 0.05) is 24.8 Å². The summed E-state index contributed by atoms with van der Waals surface area (Å²) in [6.45, 7) is 4.45. The molecule has 0 unspecified atom stereocenters. The molecule has 134 valence electrons. The van der Waals surface area contributed by atoms with Gasteiger partial charge in [0.2, 0.25) is 0 Å². The van der Waals surface area contributed by atoms with E-state index in [0.717, 1.165) is 0 Å². The van der Waals surface area contributed by atoms with E-state index >= 15 is 0 Å². The molecular formula is C16H24N2O5S. The first-order valence-corrected chi connectivity index (χ1v) is 9.74. The Bertz CT molecular complexity index is 688. The maximum atomic E-state index is 12.4. The van der Waals surface area contributed by atoms with E-state index < -0.39 is 9.84 Å². The molecule has 0 radical (unpaired) electrons. The summed E-state index contributed by atoms with van der Waals surface area (Å²) in [7, 11) is -1.49. The number of hydrogen-bond acceptors (Lipinski definition) is 5. The van der Waals surface area contributed by atoms with Crippen LogP contribution in [0.25, 0.3) is 0 Å². The molecule has 0 atom stereocenters. The number of sulfone groups is 1. The second kappa shape index (κ2) is 7.74. The number of anilines is 1. The van der Waals surface area contributed by atoms with Crippen molar-refractivity contribution in [2.75, 3.05) is 37.0 Å². The molecule has 2 amide bonds. The van der Waals surface area contributed by atoms with Crippen molar-refractivity contribution in [1.82, 2.24) is 4.90 Å². The minimum absolute atomic E-state index is 0.00471. The minimum Gasteiger partial charge on any atom is -0.493 e. The van der Waals surface area contributed by atoms with Crippen molar-refractivity contribution in [3.05, 3.63) is 18.2 Å². The first-order chi connectivity index (χ1) is 11.3. The summed E-state index contributed by atoms with van der Waals surface area (Å²) in [6, 6.07) is 4.83. The highest BCUT2D eigenvalue weighted by atomic mass is 32.2. The first kappa shape index (κ1) is 18.4. The van der Waals surface area contributed by atoms with Gasteiger partial charge in [-0.2, -0.15) is 0 Å². The molecule has 8 heteroatoms. The van der Waals surface area contributed by atoms with Crippen molar-refractivity contribution in [3.63, 3.8) is 0 Å². The Morgan fingerprint density at radius 1 is 1.21 bits per heavy atom. The van der Waals surface area contributed by atoms with Crippen molar-refractivity contribution in [1.29, 1.82) is 0 Å². The Balaban J connectivity index is 2.08. The lowest BCUT2D eigenvalue weighted by Crippen LogP contribution is -2.37. The number of rotatable bonds is 4. The Labute approximate surface area is 142 Å². The van der Waals surface area contributed by atoms with Crippen molar-refractivity contribution < 1.29 is 22.7 Å². The van der Waals surface area contributed by atoms with Crippen LogP contribution in [0, 0.1) is 0 Å². The van der Waals surface area contributed by atoms with Crippen LogP contribution in [0.2, 0.25) is 0 Å². The number of carbonyl (C=O) groups is 1. The van der Waals surface area contributed by atoms with Gasteiger partial charge >= 0.3 is 6.03 Å². The fourth-order valence-electron chi connectivity index (χ4n) is 2.44.